The lowest BCUT2D eigenvalue weighted by Crippen LogP contribution is -2.31. The van der Waals surface area contributed by atoms with E-state index in [1.165, 1.54) is 0 Å². The first-order chi connectivity index (χ1) is 16.9. The number of carbonyl (C=O) groups is 1. The number of hydrogen-bond donors (Lipinski definition) is 2. The van der Waals surface area contributed by atoms with Gasteiger partial charge in [-0.15, -0.1) is 5.10 Å². The van der Waals surface area contributed by atoms with Gasteiger partial charge >= 0.3 is 0 Å². The van der Waals surface area contributed by atoms with Crippen molar-refractivity contribution >= 4 is 40.7 Å². The Labute approximate surface area is 211 Å². The molecule has 4 aromatic rings. The van der Waals surface area contributed by atoms with Crippen LogP contribution in [0.15, 0.2) is 84.1 Å². The fourth-order valence-corrected chi connectivity index (χ4v) is 4.27. The zero-order valence-corrected chi connectivity index (χ0v) is 20.0. The van der Waals surface area contributed by atoms with E-state index < -0.39 is 6.04 Å². The zero-order chi connectivity index (χ0) is 24.5. The van der Waals surface area contributed by atoms with Crippen LogP contribution in [0.2, 0.25) is 10.0 Å². The number of nitriles is 1. The molecule has 1 aromatic heterocycles. The first-order valence-electron chi connectivity index (χ1n) is 10.7. The second-order valence-electron chi connectivity index (χ2n) is 7.95. The quantitative estimate of drug-likeness (QED) is 0.355. The van der Waals surface area contributed by atoms with Crippen molar-refractivity contribution in [2.45, 2.75) is 13.0 Å². The molecule has 172 valence electrons. The number of nitrogens with zero attached hydrogens (tertiary/aromatic N) is 4. The number of allylic oxidation sites excluding steroid dienone is 1. The Morgan fingerprint density at radius 3 is 2.49 bits per heavy atom. The van der Waals surface area contributed by atoms with Gasteiger partial charge < -0.3 is 10.6 Å². The number of fused-ring (bicyclic) bond motifs is 1. The number of amides is 1. The number of rotatable bonds is 4. The van der Waals surface area contributed by atoms with E-state index >= 15 is 0 Å². The number of hydrogen-bond acceptors (Lipinski definition) is 5. The molecule has 1 aliphatic heterocycles. The highest BCUT2D eigenvalue weighted by Crippen LogP contribution is 2.37. The molecule has 0 fully saturated rings. The van der Waals surface area contributed by atoms with Crippen LogP contribution in [0, 0.1) is 11.3 Å². The number of aromatic nitrogens is 3. The van der Waals surface area contributed by atoms with Crippen molar-refractivity contribution in [3.63, 3.8) is 0 Å². The van der Waals surface area contributed by atoms with E-state index in [0.29, 0.717) is 49.9 Å². The van der Waals surface area contributed by atoms with Crippen LogP contribution in [0.5, 0.6) is 0 Å². The molecule has 0 saturated heterocycles. The monoisotopic (exact) mass is 500 g/mol. The summed E-state index contributed by atoms with van der Waals surface area (Å²) in [5, 5.41) is 21.0. The van der Waals surface area contributed by atoms with Crippen LogP contribution in [-0.2, 0) is 4.79 Å². The van der Waals surface area contributed by atoms with Gasteiger partial charge in [0.2, 0.25) is 5.95 Å². The topological polar surface area (TPSA) is 95.6 Å². The molecular formula is C26H18Cl2N6O. The molecule has 1 unspecified atom stereocenters. The van der Waals surface area contributed by atoms with Gasteiger partial charge in [-0.25, -0.2) is 4.68 Å². The van der Waals surface area contributed by atoms with E-state index in [4.69, 9.17) is 28.3 Å². The highest BCUT2D eigenvalue weighted by atomic mass is 35.5. The maximum absolute atomic E-state index is 13.5. The van der Waals surface area contributed by atoms with Gasteiger partial charge in [0.25, 0.3) is 5.91 Å². The summed E-state index contributed by atoms with van der Waals surface area (Å²) in [6.07, 6.45) is 0. The Morgan fingerprint density at radius 2 is 1.80 bits per heavy atom. The molecule has 0 radical (unpaired) electrons. The molecular weight excluding hydrogens is 483 g/mol. The first-order valence-corrected chi connectivity index (χ1v) is 11.5. The molecule has 0 saturated carbocycles. The minimum atomic E-state index is -0.577. The van der Waals surface area contributed by atoms with Crippen LogP contribution >= 0.6 is 23.2 Å². The summed E-state index contributed by atoms with van der Waals surface area (Å²) in [5.41, 5.74) is 3.81. The van der Waals surface area contributed by atoms with Crippen LogP contribution in [-0.4, -0.2) is 20.7 Å². The highest BCUT2D eigenvalue weighted by molar-refractivity contribution is 6.42. The van der Waals surface area contributed by atoms with Gasteiger partial charge in [0.1, 0.15) is 6.04 Å². The van der Waals surface area contributed by atoms with Crippen molar-refractivity contribution < 1.29 is 4.79 Å². The van der Waals surface area contributed by atoms with Crippen LogP contribution < -0.4 is 10.6 Å². The van der Waals surface area contributed by atoms with E-state index in [2.05, 4.69) is 21.7 Å². The molecule has 3 aromatic carbocycles. The number of halogens is 2. The second kappa shape index (κ2) is 9.26. The maximum Gasteiger partial charge on any atom is 0.255 e. The van der Waals surface area contributed by atoms with Gasteiger partial charge in [-0.1, -0.05) is 53.5 Å². The summed E-state index contributed by atoms with van der Waals surface area (Å²) < 4.78 is 1.67. The van der Waals surface area contributed by atoms with Crippen LogP contribution in [0.3, 0.4) is 0 Å². The Balaban J connectivity index is 1.61. The van der Waals surface area contributed by atoms with Crippen LogP contribution in [0.25, 0.3) is 11.4 Å². The van der Waals surface area contributed by atoms with Crippen molar-refractivity contribution in [2.24, 2.45) is 0 Å². The molecule has 0 spiro atoms. The predicted molar refractivity (Wildman–Crippen MR) is 136 cm³/mol. The minimum Gasteiger partial charge on any atom is -0.328 e. The zero-order valence-electron chi connectivity index (χ0n) is 18.5. The second-order valence-corrected chi connectivity index (χ2v) is 8.77. The van der Waals surface area contributed by atoms with E-state index in [1.54, 1.807) is 35.0 Å². The van der Waals surface area contributed by atoms with Gasteiger partial charge in [0, 0.05) is 16.9 Å². The molecule has 35 heavy (non-hydrogen) atoms. The molecule has 7 nitrogen and oxygen atoms in total. The summed E-state index contributed by atoms with van der Waals surface area (Å²) in [4.78, 5) is 18.1. The van der Waals surface area contributed by atoms with E-state index in [0.717, 1.165) is 5.56 Å². The summed E-state index contributed by atoms with van der Waals surface area (Å²) in [5.74, 6) is 0.643. The number of benzene rings is 3. The molecule has 2 heterocycles. The molecule has 2 N–H and O–H groups in total. The van der Waals surface area contributed by atoms with Gasteiger partial charge in [-0.3, -0.25) is 4.79 Å². The van der Waals surface area contributed by atoms with Crippen molar-refractivity contribution in [3.8, 4) is 17.5 Å². The van der Waals surface area contributed by atoms with E-state index in [1.807, 2.05) is 49.4 Å². The molecule has 0 bridgehead atoms. The lowest BCUT2D eigenvalue weighted by atomic mass is 9.94. The summed E-state index contributed by atoms with van der Waals surface area (Å²) in [6, 6.07) is 23.0. The van der Waals surface area contributed by atoms with E-state index in [9.17, 15) is 10.1 Å². The normalized spacial score (nSPS) is 14.6. The average molecular weight is 501 g/mol. The van der Waals surface area contributed by atoms with Crippen molar-refractivity contribution in [2.75, 3.05) is 10.6 Å². The third-order valence-corrected chi connectivity index (χ3v) is 6.40. The molecule has 0 aliphatic carbocycles. The lowest BCUT2D eigenvalue weighted by Gasteiger charge is -2.28. The van der Waals surface area contributed by atoms with Crippen LogP contribution in [0.1, 0.15) is 24.1 Å². The summed E-state index contributed by atoms with van der Waals surface area (Å²) in [6.45, 7) is 1.83. The van der Waals surface area contributed by atoms with Crippen LogP contribution in [0.4, 0.5) is 11.6 Å². The smallest absolute Gasteiger partial charge is 0.255 e. The molecule has 1 aliphatic rings. The lowest BCUT2D eigenvalue weighted by molar-refractivity contribution is -0.113. The SMILES string of the molecule is CC1=C(C(=O)Nc2ccccc2)C(c2ccc(C#N)cc2)n2nc(-c3ccc(Cl)c(Cl)c3)nc2N1. The molecule has 5 rings (SSSR count). The van der Waals surface area contributed by atoms with Crippen molar-refractivity contribution in [3.05, 3.63) is 105 Å². The number of para-hydroxylation sites is 1. The van der Waals surface area contributed by atoms with Gasteiger partial charge in [-0.05, 0) is 55.0 Å². The Kier molecular flexibility index (Phi) is 6.00. The Morgan fingerprint density at radius 1 is 1.06 bits per heavy atom. The third kappa shape index (κ3) is 4.37. The molecule has 1 amide bonds. The Bertz CT molecular complexity index is 1500. The number of carbonyl (C=O) groups excluding carboxylic acids is 1. The van der Waals surface area contributed by atoms with E-state index in [-0.39, 0.29) is 5.91 Å². The highest BCUT2D eigenvalue weighted by Gasteiger charge is 2.34. The van der Waals surface area contributed by atoms with Gasteiger partial charge in [0.05, 0.1) is 27.3 Å². The molecule has 1 atom stereocenters. The fraction of sp³-hybridized carbons (Fsp3) is 0.0769. The third-order valence-electron chi connectivity index (χ3n) is 5.66. The maximum atomic E-state index is 13.5. The fourth-order valence-electron chi connectivity index (χ4n) is 3.97. The Hall–Kier alpha value is -4.12. The number of anilines is 2. The standard InChI is InChI=1S/C26H18Cl2N6O/c1-15-22(25(35)31-19-5-3-2-4-6-19)23(17-9-7-16(14-29)8-10-17)34-26(30-15)32-24(33-34)18-11-12-20(27)21(28)13-18/h2-13,23H,1H3,(H,31,35)(H,30,32,33). The minimum absolute atomic E-state index is 0.271. The van der Waals surface area contributed by atoms with Crippen molar-refractivity contribution in [1.82, 2.24) is 14.8 Å². The van der Waals surface area contributed by atoms with Gasteiger partial charge in [0.15, 0.2) is 5.82 Å². The molecule has 9 heteroatoms. The van der Waals surface area contributed by atoms with Gasteiger partial charge in [-0.2, -0.15) is 10.2 Å². The largest absolute Gasteiger partial charge is 0.328 e. The van der Waals surface area contributed by atoms with Crippen molar-refractivity contribution in [1.29, 1.82) is 5.26 Å². The average Bonchev–Trinajstić information content (AvgIpc) is 3.29. The first kappa shape index (κ1) is 22.7. The summed E-state index contributed by atoms with van der Waals surface area (Å²) in [7, 11) is 0. The summed E-state index contributed by atoms with van der Waals surface area (Å²) >= 11 is 12.3. The predicted octanol–water partition coefficient (Wildman–Crippen LogP) is 6.05. The number of nitrogens with one attached hydrogen (secondary N) is 2.